The summed E-state index contributed by atoms with van der Waals surface area (Å²) in [7, 11) is 0. The third-order valence-corrected chi connectivity index (χ3v) is 5.01. The first-order chi connectivity index (χ1) is 12.9. The zero-order valence-corrected chi connectivity index (χ0v) is 14.4. The predicted octanol–water partition coefficient (Wildman–Crippen LogP) is 3.54. The minimum atomic E-state index is -4.69. The van der Waals surface area contributed by atoms with E-state index in [9.17, 15) is 18.0 Å². The van der Waals surface area contributed by atoms with Gasteiger partial charge in [-0.15, -0.1) is 0 Å². The average molecular weight is 381 g/mol. The average Bonchev–Trinajstić information content (AvgIpc) is 3.28. The summed E-state index contributed by atoms with van der Waals surface area (Å²) >= 11 is 0. The van der Waals surface area contributed by atoms with Crippen LogP contribution in [-0.4, -0.2) is 46.2 Å². The molecule has 1 aromatic carbocycles. The fraction of sp³-hybridized carbons (Fsp3) is 0.500. The van der Waals surface area contributed by atoms with Crippen LogP contribution in [0.3, 0.4) is 0 Å². The van der Waals surface area contributed by atoms with Gasteiger partial charge in [-0.3, -0.25) is 4.79 Å². The molecule has 2 aromatic rings. The van der Waals surface area contributed by atoms with Gasteiger partial charge in [0.05, 0.1) is 12.1 Å². The van der Waals surface area contributed by atoms with Crippen LogP contribution in [0.25, 0.3) is 11.4 Å². The van der Waals surface area contributed by atoms with Crippen LogP contribution in [0.2, 0.25) is 0 Å². The van der Waals surface area contributed by atoms with Crippen molar-refractivity contribution in [1.82, 2.24) is 15.0 Å². The molecule has 0 radical (unpaired) electrons. The topological polar surface area (TPSA) is 68.5 Å². The molecule has 0 spiro atoms. The highest BCUT2D eigenvalue weighted by Gasteiger charge is 2.39. The Morgan fingerprint density at radius 3 is 2.63 bits per heavy atom. The number of carbonyl (C=O) groups excluding carboxylic acids is 1. The number of fused-ring (bicyclic) bond motifs is 1. The molecule has 1 saturated heterocycles. The quantitative estimate of drug-likeness (QED) is 0.796. The molecule has 1 aromatic heterocycles. The van der Waals surface area contributed by atoms with Gasteiger partial charge in [0.2, 0.25) is 5.82 Å². The minimum absolute atomic E-state index is 0.0891. The molecule has 2 fully saturated rings. The zero-order valence-electron chi connectivity index (χ0n) is 14.4. The summed E-state index contributed by atoms with van der Waals surface area (Å²) < 4.78 is 47.8. The summed E-state index contributed by atoms with van der Waals surface area (Å²) in [4.78, 5) is 18.2. The third kappa shape index (κ3) is 3.55. The molecule has 1 amide bonds. The van der Waals surface area contributed by atoms with Crippen molar-refractivity contribution in [3.8, 4) is 11.4 Å². The molecule has 0 N–H and O–H groups in total. The highest BCUT2D eigenvalue weighted by atomic mass is 19.4. The van der Waals surface area contributed by atoms with E-state index >= 15 is 0 Å². The maximum Gasteiger partial charge on any atom is 0.471 e. The van der Waals surface area contributed by atoms with Gasteiger partial charge in [-0.25, -0.2) is 0 Å². The second-order valence-corrected chi connectivity index (χ2v) is 6.76. The molecule has 2 heterocycles. The van der Waals surface area contributed by atoms with Crippen molar-refractivity contribution in [1.29, 1.82) is 0 Å². The van der Waals surface area contributed by atoms with Gasteiger partial charge in [0.1, 0.15) is 0 Å². The van der Waals surface area contributed by atoms with E-state index in [1.165, 1.54) is 12.1 Å². The Hall–Kier alpha value is -2.42. The molecule has 0 unspecified atom stereocenters. The van der Waals surface area contributed by atoms with Crippen molar-refractivity contribution in [2.75, 3.05) is 13.2 Å². The van der Waals surface area contributed by atoms with Gasteiger partial charge in [-0.1, -0.05) is 17.3 Å². The number of nitrogens with zero attached hydrogens (tertiary/aromatic N) is 3. The van der Waals surface area contributed by atoms with E-state index in [2.05, 4.69) is 14.7 Å². The number of rotatable bonds is 2. The van der Waals surface area contributed by atoms with Crippen LogP contribution < -0.4 is 0 Å². The van der Waals surface area contributed by atoms with Gasteiger partial charge >= 0.3 is 12.1 Å². The molecule has 1 saturated carbocycles. The van der Waals surface area contributed by atoms with Crippen molar-refractivity contribution in [2.24, 2.45) is 0 Å². The lowest BCUT2D eigenvalue weighted by atomic mass is 10.1. The number of carbonyl (C=O) groups is 1. The van der Waals surface area contributed by atoms with Crippen molar-refractivity contribution in [3.05, 3.63) is 35.7 Å². The predicted molar refractivity (Wildman–Crippen MR) is 87.8 cm³/mol. The number of ether oxygens (including phenoxy) is 1. The van der Waals surface area contributed by atoms with E-state index < -0.39 is 12.1 Å². The monoisotopic (exact) mass is 381 g/mol. The molecule has 0 bridgehead atoms. The van der Waals surface area contributed by atoms with Crippen molar-refractivity contribution >= 4 is 5.91 Å². The lowest BCUT2D eigenvalue weighted by molar-refractivity contribution is -0.159. The second-order valence-electron chi connectivity index (χ2n) is 6.76. The van der Waals surface area contributed by atoms with E-state index in [0.717, 1.165) is 25.7 Å². The number of aromatic nitrogens is 2. The van der Waals surface area contributed by atoms with Crippen LogP contribution in [-0.2, 0) is 10.9 Å². The summed E-state index contributed by atoms with van der Waals surface area (Å²) in [6.45, 7) is 1.30. The summed E-state index contributed by atoms with van der Waals surface area (Å²) in [5, 5.41) is 3.36. The molecule has 1 aliphatic heterocycles. The molecule has 9 heteroatoms. The molecule has 2 aliphatic rings. The smallest absolute Gasteiger partial charge is 0.376 e. The van der Waals surface area contributed by atoms with E-state index in [1.54, 1.807) is 12.1 Å². The SMILES string of the molecule is O=C(c1ccc(-c2noc(C(F)(F)F)n2)cc1)N1CCCO[C@@H]2CCC[C@@H]21. The van der Waals surface area contributed by atoms with Crippen LogP contribution >= 0.6 is 0 Å². The van der Waals surface area contributed by atoms with Gasteiger partial charge in [0, 0.05) is 24.3 Å². The largest absolute Gasteiger partial charge is 0.471 e. The molecule has 144 valence electrons. The lowest BCUT2D eigenvalue weighted by Gasteiger charge is -2.30. The molecule has 4 rings (SSSR count). The van der Waals surface area contributed by atoms with Crippen LogP contribution in [0.15, 0.2) is 28.8 Å². The number of alkyl halides is 3. The number of amides is 1. The Morgan fingerprint density at radius 2 is 1.93 bits per heavy atom. The summed E-state index contributed by atoms with van der Waals surface area (Å²) in [5.41, 5.74) is 0.828. The van der Waals surface area contributed by atoms with Crippen LogP contribution in [0, 0.1) is 0 Å². The Labute approximate surface area is 153 Å². The zero-order chi connectivity index (χ0) is 19.0. The van der Waals surface area contributed by atoms with E-state index in [-0.39, 0.29) is 23.9 Å². The maximum atomic E-state index is 13.0. The molecule has 6 nitrogen and oxygen atoms in total. The molecule has 1 aliphatic carbocycles. The maximum absolute atomic E-state index is 13.0. The summed E-state index contributed by atoms with van der Waals surface area (Å²) in [5.74, 6) is -1.65. The number of hydrogen-bond donors (Lipinski definition) is 0. The van der Waals surface area contributed by atoms with E-state index in [0.29, 0.717) is 24.3 Å². The Morgan fingerprint density at radius 1 is 1.15 bits per heavy atom. The summed E-state index contributed by atoms with van der Waals surface area (Å²) in [6.07, 6.45) is -0.869. The molecular formula is C18H18F3N3O3. The molecular weight excluding hydrogens is 363 g/mol. The van der Waals surface area contributed by atoms with Crippen molar-refractivity contribution in [3.63, 3.8) is 0 Å². The van der Waals surface area contributed by atoms with Crippen LogP contribution in [0.5, 0.6) is 0 Å². The van der Waals surface area contributed by atoms with Crippen molar-refractivity contribution < 1.29 is 27.2 Å². The highest BCUT2D eigenvalue weighted by molar-refractivity contribution is 5.95. The Balaban J connectivity index is 1.53. The first kappa shape index (κ1) is 18.0. The van der Waals surface area contributed by atoms with Crippen molar-refractivity contribution in [2.45, 2.75) is 44.0 Å². The fourth-order valence-corrected chi connectivity index (χ4v) is 3.73. The van der Waals surface area contributed by atoms with Gasteiger partial charge < -0.3 is 14.2 Å². The minimum Gasteiger partial charge on any atom is -0.376 e. The van der Waals surface area contributed by atoms with Gasteiger partial charge in [-0.2, -0.15) is 18.2 Å². The number of halogens is 3. The standard InChI is InChI=1S/C18H18F3N3O3/c19-18(20,21)17-22-15(23-27-17)11-5-7-12(8-6-11)16(25)24-9-2-10-26-14-4-1-3-13(14)24/h5-8,13-14H,1-4,9-10H2/t13-,14+/m0/s1. The normalized spacial score (nSPS) is 23.1. The number of hydrogen-bond acceptors (Lipinski definition) is 5. The molecule has 27 heavy (non-hydrogen) atoms. The van der Waals surface area contributed by atoms with Crippen LogP contribution in [0.4, 0.5) is 13.2 Å². The highest BCUT2D eigenvalue weighted by Crippen LogP contribution is 2.31. The summed E-state index contributed by atoms with van der Waals surface area (Å²) in [6, 6.07) is 6.30. The van der Waals surface area contributed by atoms with Gasteiger partial charge in [0.15, 0.2) is 0 Å². The molecule has 2 atom stereocenters. The van der Waals surface area contributed by atoms with E-state index in [1.807, 2.05) is 4.90 Å². The Bertz CT molecular complexity index is 819. The number of benzene rings is 1. The first-order valence-corrected chi connectivity index (χ1v) is 8.87. The second kappa shape index (κ2) is 6.95. The fourth-order valence-electron chi connectivity index (χ4n) is 3.73. The van der Waals surface area contributed by atoms with Gasteiger partial charge in [-0.05, 0) is 37.8 Å². The Kier molecular flexibility index (Phi) is 4.63. The third-order valence-electron chi connectivity index (χ3n) is 5.01. The van der Waals surface area contributed by atoms with Gasteiger partial charge in [0.25, 0.3) is 5.91 Å². The first-order valence-electron chi connectivity index (χ1n) is 8.87. The van der Waals surface area contributed by atoms with Crippen LogP contribution in [0.1, 0.15) is 41.9 Å². The lowest BCUT2D eigenvalue weighted by Crippen LogP contribution is -2.43. The van der Waals surface area contributed by atoms with E-state index in [4.69, 9.17) is 4.74 Å².